The number of halogens is 1. The Bertz CT molecular complexity index is 940. The molecule has 0 unspecified atom stereocenters. The van der Waals surface area contributed by atoms with Crippen LogP contribution in [0.4, 0.5) is 4.39 Å². The van der Waals surface area contributed by atoms with Crippen LogP contribution in [0.5, 0.6) is 0 Å². The van der Waals surface area contributed by atoms with E-state index >= 15 is 0 Å². The smallest absolute Gasteiger partial charge is 0.129 e. The van der Waals surface area contributed by atoms with Crippen LogP contribution in [0.3, 0.4) is 0 Å². The number of nitrogens with one attached hydrogen (secondary N) is 1. The normalized spacial score (nSPS) is 18.9. The number of rotatable bonds is 3. The second-order valence-electron chi connectivity index (χ2n) is 7.90. The fraction of sp³-hybridized carbons (Fsp3) is 0.348. The van der Waals surface area contributed by atoms with E-state index in [9.17, 15) is 4.39 Å². The largest absolute Gasteiger partial charge is 0.325 e. The number of piperidine rings is 1. The van der Waals surface area contributed by atoms with Gasteiger partial charge in [-0.25, -0.2) is 9.37 Å². The molecule has 0 bridgehead atoms. The Labute approximate surface area is 165 Å². The van der Waals surface area contributed by atoms with Gasteiger partial charge < -0.3 is 9.88 Å². The lowest BCUT2D eigenvalue weighted by atomic mass is 9.85. The zero-order valence-corrected chi connectivity index (χ0v) is 15.9. The Morgan fingerprint density at radius 2 is 1.71 bits per heavy atom. The zero-order chi connectivity index (χ0) is 19.0. The van der Waals surface area contributed by atoms with E-state index in [0.29, 0.717) is 0 Å². The first-order chi connectivity index (χ1) is 13.7. The van der Waals surface area contributed by atoms with Crippen molar-refractivity contribution < 1.29 is 4.39 Å². The van der Waals surface area contributed by atoms with E-state index < -0.39 is 0 Å². The van der Waals surface area contributed by atoms with Gasteiger partial charge in [0.1, 0.15) is 11.6 Å². The summed E-state index contributed by atoms with van der Waals surface area (Å²) in [6.07, 6.45) is 4.06. The van der Waals surface area contributed by atoms with Crippen LogP contribution in [-0.4, -0.2) is 34.1 Å². The third-order valence-electron chi connectivity index (χ3n) is 6.18. The first-order valence-electron chi connectivity index (χ1n) is 10.1. The van der Waals surface area contributed by atoms with Crippen LogP contribution in [0, 0.1) is 5.82 Å². The molecule has 3 aromatic rings. The standard InChI is InChI=1S/C23H25FN4/c24-20-8-6-19(7-9-20)21-16-25-22-23(26-12-15-28(21)22)10-13-27(14-11-23)17-18-4-2-1-3-5-18/h1-9,16,26H,10-15,17H2. The van der Waals surface area contributed by atoms with Crippen molar-refractivity contribution in [3.8, 4) is 11.3 Å². The highest BCUT2D eigenvalue weighted by molar-refractivity contribution is 5.59. The number of hydrogen-bond acceptors (Lipinski definition) is 3. The first kappa shape index (κ1) is 17.6. The first-order valence-corrected chi connectivity index (χ1v) is 10.1. The summed E-state index contributed by atoms with van der Waals surface area (Å²) in [7, 11) is 0. The zero-order valence-electron chi connectivity index (χ0n) is 15.9. The van der Waals surface area contributed by atoms with Gasteiger partial charge in [-0.15, -0.1) is 0 Å². The average molecular weight is 376 g/mol. The van der Waals surface area contributed by atoms with Gasteiger partial charge in [0.2, 0.25) is 0 Å². The molecule has 1 spiro atoms. The third-order valence-corrected chi connectivity index (χ3v) is 6.18. The van der Waals surface area contributed by atoms with Crippen LogP contribution in [-0.2, 0) is 18.6 Å². The van der Waals surface area contributed by atoms with Gasteiger partial charge in [-0.3, -0.25) is 4.90 Å². The molecule has 0 amide bonds. The van der Waals surface area contributed by atoms with Gasteiger partial charge in [0.25, 0.3) is 0 Å². The predicted molar refractivity (Wildman–Crippen MR) is 108 cm³/mol. The Morgan fingerprint density at radius 1 is 0.964 bits per heavy atom. The summed E-state index contributed by atoms with van der Waals surface area (Å²) in [6, 6.07) is 17.4. The lowest BCUT2D eigenvalue weighted by molar-refractivity contribution is 0.109. The van der Waals surface area contributed by atoms with E-state index in [1.807, 2.05) is 18.3 Å². The number of fused-ring (bicyclic) bond motifs is 2. The number of aromatic nitrogens is 2. The van der Waals surface area contributed by atoms with E-state index in [4.69, 9.17) is 4.98 Å². The summed E-state index contributed by atoms with van der Waals surface area (Å²) in [5, 5.41) is 3.78. The molecule has 5 rings (SSSR count). The maximum Gasteiger partial charge on any atom is 0.129 e. The van der Waals surface area contributed by atoms with E-state index in [-0.39, 0.29) is 11.4 Å². The predicted octanol–water partition coefficient (Wildman–Crippen LogP) is 3.78. The highest BCUT2D eigenvalue weighted by atomic mass is 19.1. The van der Waals surface area contributed by atoms with Crippen LogP contribution in [0.2, 0.25) is 0 Å². The molecule has 5 heteroatoms. The van der Waals surface area contributed by atoms with Crippen molar-refractivity contribution in [3.63, 3.8) is 0 Å². The summed E-state index contributed by atoms with van der Waals surface area (Å²) in [5.74, 6) is 0.934. The van der Waals surface area contributed by atoms with E-state index in [0.717, 1.165) is 62.6 Å². The molecule has 4 nitrogen and oxygen atoms in total. The van der Waals surface area contributed by atoms with Crippen molar-refractivity contribution in [2.75, 3.05) is 19.6 Å². The molecule has 3 heterocycles. The van der Waals surface area contributed by atoms with Crippen LogP contribution < -0.4 is 5.32 Å². The molecule has 144 valence electrons. The second-order valence-corrected chi connectivity index (χ2v) is 7.90. The van der Waals surface area contributed by atoms with Crippen LogP contribution >= 0.6 is 0 Å². The lowest BCUT2D eigenvalue weighted by Gasteiger charge is -2.44. The summed E-state index contributed by atoms with van der Waals surface area (Å²) in [4.78, 5) is 7.36. The van der Waals surface area contributed by atoms with E-state index in [1.165, 1.54) is 17.7 Å². The fourth-order valence-electron chi connectivity index (χ4n) is 4.66. The Hall–Kier alpha value is -2.50. The number of hydrogen-bond donors (Lipinski definition) is 1. The summed E-state index contributed by atoms with van der Waals surface area (Å²) in [5.41, 5.74) is 3.43. The molecule has 0 saturated carbocycles. The van der Waals surface area contributed by atoms with E-state index in [2.05, 4.69) is 45.1 Å². The molecular weight excluding hydrogens is 351 g/mol. The second kappa shape index (κ2) is 7.15. The Kier molecular flexibility index (Phi) is 4.49. The Balaban J connectivity index is 1.36. The Morgan fingerprint density at radius 3 is 2.46 bits per heavy atom. The van der Waals surface area contributed by atoms with Crippen molar-refractivity contribution in [3.05, 3.63) is 78.0 Å². The molecule has 0 radical (unpaired) electrons. The van der Waals surface area contributed by atoms with Gasteiger partial charge in [-0.1, -0.05) is 30.3 Å². The molecule has 2 aromatic carbocycles. The van der Waals surface area contributed by atoms with Crippen molar-refractivity contribution in [2.45, 2.75) is 31.5 Å². The number of likely N-dealkylation sites (tertiary alicyclic amines) is 1. The molecule has 1 N–H and O–H groups in total. The van der Waals surface area contributed by atoms with Gasteiger partial charge in [-0.05, 0) is 48.2 Å². The van der Waals surface area contributed by atoms with Gasteiger partial charge >= 0.3 is 0 Å². The maximum absolute atomic E-state index is 13.3. The summed E-state index contributed by atoms with van der Waals surface area (Å²) in [6.45, 7) is 4.96. The highest BCUT2D eigenvalue weighted by Crippen LogP contribution is 2.37. The van der Waals surface area contributed by atoms with Crippen LogP contribution in [0.15, 0.2) is 60.8 Å². The van der Waals surface area contributed by atoms with Gasteiger partial charge in [-0.2, -0.15) is 0 Å². The fourth-order valence-corrected chi connectivity index (χ4v) is 4.66. The molecule has 0 atom stereocenters. The maximum atomic E-state index is 13.3. The highest BCUT2D eigenvalue weighted by Gasteiger charge is 2.41. The molecular formula is C23H25FN4. The van der Waals surface area contributed by atoms with Crippen molar-refractivity contribution in [1.29, 1.82) is 0 Å². The van der Waals surface area contributed by atoms with Crippen LogP contribution in [0.1, 0.15) is 24.2 Å². The molecule has 1 saturated heterocycles. The lowest BCUT2D eigenvalue weighted by Crippen LogP contribution is -2.55. The molecule has 1 aromatic heterocycles. The number of benzene rings is 2. The average Bonchev–Trinajstić information content (AvgIpc) is 3.17. The molecule has 2 aliphatic heterocycles. The topological polar surface area (TPSA) is 33.1 Å². The quantitative estimate of drug-likeness (QED) is 0.755. The van der Waals surface area contributed by atoms with Crippen LogP contribution in [0.25, 0.3) is 11.3 Å². The van der Waals surface area contributed by atoms with Crippen molar-refractivity contribution in [1.82, 2.24) is 19.8 Å². The van der Waals surface area contributed by atoms with Crippen molar-refractivity contribution >= 4 is 0 Å². The summed E-state index contributed by atoms with van der Waals surface area (Å²) >= 11 is 0. The minimum absolute atomic E-state index is 0.0519. The SMILES string of the molecule is Fc1ccc(-c2cnc3n2CCNC32CCN(Cc3ccccc3)CC2)cc1. The molecule has 2 aliphatic rings. The van der Waals surface area contributed by atoms with Gasteiger partial charge in [0, 0.05) is 32.7 Å². The monoisotopic (exact) mass is 376 g/mol. The number of nitrogens with zero attached hydrogens (tertiary/aromatic N) is 3. The minimum Gasteiger partial charge on any atom is -0.325 e. The summed E-state index contributed by atoms with van der Waals surface area (Å²) < 4.78 is 15.6. The third kappa shape index (κ3) is 3.15. The molecule has 1 fully saturated rings. The molecule has 28 heavy (non-hydrogen) atoms. The number of imidazole rings is 1. The van der Waals surface area contributed by atoms with Gasteiger partial charge in [0.15, 0.2) is 0 Å². The minimum atomic E-state index is -0.203. The van der Waals surface area contributed by atoms with Crippen molar-refractivity contribution in [2.24, 2.45) is 0 Å². The van der Waals surface area contributed by atoms with Gasteiger partial charge in [0.05, 0.1) is 17.4 Å². The molecule has 0 aliphatic carbocycles. The van der Waals surface area contributed by atoms with E-state index in [1.54, 1.807) is 0 Å².